The van der Waals surface area contributed by atoms with Crippen molar-refractivity contribution in [1.82, 2.24) is 9.97 Å². The van der Waals surface area contributed by atoms with Gasteiger partial charge in [0.1, 0.15) is 12.4 Å². The molecule has 0 aliphatic rings. The molecular weight excluding hydrogens is 336 g/mol. The lowest BCUT2D eigenvalue weighted by molar-refractivity contribution is 0.0996. The molecule has 0 spiro atoms. The second-order valence-electron chi connectivity index (χ2n) is 4.58. The topological polar surface area (TPSA) is 104 Å². The Morgan fingerprint density at radius 1 is 1.33 bits per heavy atom. The molecule has 110 valence electrons. The predicted octanol–water partition coefficient (Wildman–Crippen LogP) is 2.12. The van der Waals surface area contributed by atoms with Gasteiger partial charge in [0.25, 0.3) is 5.91 Å². The van der Waals surface area contributed by atoms with Crippen LogP contribution < -0.4 is 16.2 Å². The Bertz CT molecular complexity index is 704. The molecule has 0 radical (unpaired) electrons. The molecule has 1 amide bonds. The van der Waals surface area contributed by atoms with Gasteiger partial charge >= 0.3 is 0 Å². The predicted molar refractivity (Wildman–Crippen MR) is 82.9 cm³/mol. The maximum absolute atomic E-state index is 11.5. The Morgan fingerprint density at radius 2 is 2.05 bits per heavy atom. The number of hydrogen-bond donors (Lipinski definition) is 2. The highest BCUT2D eigenvalue weighted by Crippen LogP contribution is 2.26. The lowest BCUT2D eigenvalue weighted by atomic mass is 10.1. The number of carbonyl (C=O) groups excluding carboxylic acids is 1. The van der Waals surface area contributed by atoms with E-state index in [1.54, 1.807) is 6.92 Å². The SMILES string of the molecule is Cc1ccc(OCc2nc(N)nc(C)c2C(N)=O)c(Br)c1. The van der Waals surface area contributed by atoms with Crippen molar-refractivity contribution in [1.29, 1.82) is 0 Å². The van der Waals surface area contributed by atoms with Crippen molar-refractivity contribution >= 4 is 27.8 Å². The molecule has 21 heavy (non-hydrogen) atoms. The van der Waals surface area contributed by atoms with Gasteiger partial charge in [0.15, 0.2) is 0 Å². The summed E-state index contributed by atoms with van der Waals surface area (Å²) < 4.78 is 6.50. The van der Waals surface area contributed by atoms with Gasteiger partial charge < -0.3 is 16.2 Å². The van der Waals surface area contributed by atoms with Crippen LogP contribution in [-0.4, -0.2) is 15.9 Å². The third-order valence-corrected chi connectivity index (χ3v) is 3.50. The van der Waals surface area contributed by atoms with Crippen LogP contribution in [0.2, 0.25) is 0 Å². The molecule has 4 N–H and O–H groups in total. The Labute approximate surface area is 130 Å². The fourth-order valence-corrected chi connectivity index (χ4v) is 2.56. The fraction of sp³-hybridized carbons (Fsp3) is 0.214. The normalized spacial score (nSPS) is 10.4. The largest absolute Gasteiger partial charge is 0.486 e. The van der Waals surface area contributed by atoms with Gasteiger partial charge in [-0.05, 0) is 47.5 Å². The van der Waals surface area contributed by atoms with Crippen molar-refractivity contribution in [2.24, 2.45) is 5.73 Å². The molecule has 2 aromatic rings. The molecule has 2 rings (SSSR count). The van der Waals surface area contributed by atoms with E-state index in [4.69, 9.17) is 16.2 Å². The van der Waals surface area contributed by atoms with E-state index in [0.29, 0.717) is 17.1 Å². The summed E-state index contributed by atoms with van der Waals surface area (Å²) >= 11 is 3.42. The summed E-state index contributed by atoms with van der Waals surface area (Å²) in [7, 11) is 0. The first kappa shape index (κ1) is 15.2. The van der Waals surface area contributed by atoms with E-state index in [9.17, 15) is 4.79 Å². The van der Waals surface area contributed by atoms with Gasteiger partial charge in [-0.2, -0.15) is 0 Å². The lowest BCUT2D eigenvalue weighted by Gasteiger charge is -2.12. The monoisotopic (exact) mass is 350 g/mol. The van der Waals surface area contributed by atoms with Crippen LogP contribution in [0.25, 0.3) is 0 Å². The summed E-state index contributed by atoms with van der Waals surface area (Å²) in [4.78, 5) is 19.5. The molecule has 0 atom stereocenters. The lowest BCUT2D eigenvalue weighted by Crippen LogP contribution is -2.20. The van der Waals surface area contributed by atoms with Gasteiger partial charge in [-0.25, -0.2) is 9.97 Å². The summed E-state index contributed by atoms with van der Waals surface area (Å²) in [5.41, 5.74) is 13.1. The van der Waals surface area contributed by atoms with Gasteiger partial charge in [0.2, 0.25) is 5.95 Å². The second kappa shape index (κ2) is 6.09. The molecule has 1 aromatic carbocycles. The number of benzene rings is 1. The zero-order valence-corrected chi connectivity index (χ0v) is 13.3. The number of nitrogens with two attached hydrogens (primary N) is 2. The van der Waals surface area contributed by atoms with Gasteiger partial charge in [-0.3, -0.25) is 4.79 Å². The quantitative estimate of drug-likeness (QED) is 0.878. The van der Waals surface area contributed by atoms with Crippen molar-refractivity contribution in [2.45, 2.75) is 20.5 Å². The van der Waals surface area contributed by atoms with Crippen LogP contribution in [0.15, 0.2) is 22.7 Å². The highest BCUT2D eigenvalue weighted by atomic mass is 79.9. The molecule has 0 unspecified atom stereocenters. The van der Waals surface area contributed by atoms with E-state index in [1.165, 1.54) is 0 Å². The van der Waals surface area contributed by atoms with Gasteiger partial charge in [0.05, 0.1) is 21.4 Å². The van der Waals surface area contributed by atoms with Crippen molar-refractivity contribution < 1.29 is 9.53 Å². The molecule has 0 saturated carbocycles. The molecule has 0 bridgehead atoms. The van der Waals surface area contributed by atoms with Crippen LogP contribution >= 0.6 is 15.9 Å². The Hall–Kier alpha value is -2.15. The standard InChI is InChI=1S/C14H15BrN4O2/c1-7-3-4-11(9(15)5-7)21-6-10-12(13(16)20)8(2)18-14(17)19-10/h3-5H,6H2,1-2H3,(H2,16,20)(H2,17,18,19). The molecule has 1 heterocycles. The van der Waals surface area contributed by atoms with Crippen LogP contribution in [0.4, 0.5) is 5.95 Å². The van der Waals surface area contributed by atoms with E-state index in [-0.39, 0.29) is 18.1 Å². The number of ether oxygens (including phenoxy) is 1. The minimum Gasteiger partial charge on any atom is -0.486 e. The summed E-state index contributed by atoms with van der Waals surface area (Å²) in [6.45, 7) is 3.71. The summed E-state index contributed by atoms with van der Waals surface area (Å²) in [5.74, 6) is 0.124. The van der Waals surface area contributed by atoms with Crippen LogP contribution in [0.1, 0.15) is 27.3 Å². The van der Waals surface area contributed by atoms with E-state index >= 15 is 0 Å². The summed E-state index contributed by atoms with van der Waals surface area (Å²) in [6, 6.07) is 5.69. The molecular formula is C14H15BrN4O2. The first-order valence-corrected chi connectivity index (χ1v) is 6.99. The first-order valence-electron chi connectivity index (χ1n) is 6.20. The highest BCUT2D eigenvalue weighted by molar-refractivity contribution is 9.10. The average Bonchev–Trinajstić information content (AvgIpc) is 2.36. The smallest absolute Gasteiger partial charge is 0.252 e. The van der Waals surface area contributed by atoms with E-state index in [0.717, 1.165) is 10.0 Å². The van der Waals surface area contributed by atoms with Gasteiger partial charge in [-0.15, -0.1) is 0 Å². The number of hydrogen-bond acceptors (Lipinski definition) is 5. The number of nitrogen functional groups attached to an aromatic ring is 1. The van der Waals surface area contributed by atoms with Crippen LogP contribution in [-0.2, 0) is 6.61 Å². The zero-order chi connectivity index (χ0) is 15.6. The fourth-order valence-electron chi connectivity index (χ4n) is 1.95. The van der Waals surface area contributed by atoms with Crippen molar-refractivity contribution in [3.63, 3.8) is 0 Å². The number of carbonyl (C=O) groups is 1. The van der Waals surface area contributed by atoms with E-state index < -0.39 is 5.91 Å². The number of amides is 1. The number of primary amides is 1. The molecule has 0 saturated heterocycles. The molecule has 0 aliphatic heterocycles. The number of anilines is 1. The van der Waals surface area contributed by atoms with Crippen molar-refractivity contribution in [2.75, 3.05) is 5.73 Å². The van der Waals surface area contributed by atoms with Crippen molar-refractivity contribution in [3.05, 3.63) is 45.2 Å². The molecule has 6 nitrogen and oxygen atoms in total. The third-order valence-electron chi connectivity index (χ3n) is 2.88. The maximum Gasteiger partial charge on any atom is 0.252 e. The van der Waals surface area contributed by atoms with Crippen LogP contribution in [0, 0.1) is 13.8 Å². The highest BCUT2D eigenvalue weighted by Gasteiger charge is 2.16. The first-order chi connectivity index (χ1) is 9.88. The van der Waals surface area contributed by atoms with Crippen molar-refractivity contribution in [3.8, 4) is 5.75 Å². The Balaban J connectivity index is 2.29. The summed E-state index contributed by atoms with van der Waals surface area (Å²) in [6.07, 6.45) is 0. The third kappa shape index (κ3) is 3.49. The van der Waals surface area contributed by atoms with Gasteiger partial charge in [0, 0.05) is 0 Å². The molecule has 0 fully saturated rings. The van der Waals surface area contributed by atoms with Crippen LogP contribution in [0.3, 0.4) is 0 Å². The van der Waals surface area contributed by atoms with E-state index in [1.807, 2.05) is 25.1 Å². The number of halogens is 1. The molecule has 7 heteroatoms. The Kier molecular flexibility index (Phi) is 4.42. The molecule has 1 aromatic heterocycles. The van der Waals surface area contributed by atoms with E-state index in [2.05, 4.69) is 25.9 Å². The van der Waals surface area contributed by atoms with Crippen LogP contribution in [0.5, 0.6) is 5.75 Å². The Morgan fingerprint density at radius 3 is 2.67 bits per heavy atom. The molecule has 0 aliphatic carbocycles. The number of nitrogens with zero attached hydrogens (tertiary/aromatic N) is 2. The maximum atomic E-state index is 11.5. The number of aromatic nitrogens is 2. The number of aryl methyl sites for hydroxylation is 2. The average molecular weight is 351 g/mol. The second-order valence-corrected chi connectivity index (χ2v) is 5.43. The summed E-state index contributed by atoms with van der Waals surface area (Å²) in [5, 5.41) is 0. The van der Waals surface area contributed by atoms with Gasteiger partial charge in [-0.1, -0.05) is 6.07 Å². The minimum atomic E-state index is -0.603. The minimum absolute atomic E-state index is 0.0769. The number of rotatable bonds is 4. The zero-order valence-electron chi connectivity index (χ0n) is 11.7.